The Labute approximate surface area is 105 Å². The fourth-order valence-electron chi connectivity index (χ4n) is 2.00. The van der Waals surface area contributed by atoms with Gasteiger partial charge in [-0.1, -0.05) is 0 Å². The first-order valence-corrected chi connectivity index (χ1v) is 4.62. The first kappa shape index (κ1) is 17.2. The van der Waals surface area contributed by atoms with Gasteiger partial charge < -0.3 is 10.6 Å². The fourth-order valence-corrected chi connectivity index (χ4v) is 2.00. The molecule has 2 aliphatic rings. The molecule has 0 aromatic carbocycles. The SMILES string of the molecule is C1CN(C2CCNC2)CCN1.Cl.Cl.Cl. The van der Waals surface area contributed by atoms with Crippen molar-refractivity contribution in [3.05, 3.63) is 0 Å². The summed E-state index contributed by atoms with van der Waals surface area (Å²) in [5.41, 5.74) is 0. The maximum atomic E-state index is 3.41. The van der Waals surface area contributed by atoms with Gasteiger partial charge in [-0.2, -0.15) is 0 Å². The van der Waals surface area contributed by atoms with Crippen molar-refractivity contribution >= 4 is 37.2 Å². The van der Waals surface area contributed by atoms with Gasteiger partial charge in [-0.05, 0) is 13.0 Å². The number of piperazine rings is 1. The van der Waals surface area contributed by atoms with Gasteiger partial charge in [0.2, 0.25) is 0 Å². The zero-order chi connectivity index (χ0) is 7.52. The molecule has 0 saturated carbocycles. The normalized spacial score (nSPS) is 27.0. The number of hydrogen-bond donors (Lipinski definition) is 2. The molecule has 2 saturated heterocycles. The van der Waals surface area contributed by atoms with Crippen LogP contribution >= 0.6 is 37.2 Å². The van der Waals surface area contributed by atoms with E-state index >= 15 is 0 Å². The summed E-state index contributed by atoms with van der Waals surface area (Å²) in [5.74, 6) is 0. The van der Waals surface area contributed by atoms with Gasteiger partial charge in [0.25, 0.3) is 0 Å². The van der Waals surface area contributed by atoms with E-state index in [4.69, 9.17) is 0 Å². The Hall–Kier alpha value is 0.750. The summed E-state index contributed by atoms with van der Waals surface area (Å²) >= 11 is 0. The van der Waals surface area contributed by atoms with Crippen molar-refractivity contribution in [2.75, 3.05) is 39.3 Å². The van der Waals surface area contributed by atoms with E-state index in [0.29, 0.717) is 0 Å². The largest absolute Gasteiger partial charge is 0.315 e. The molecular formula is C8H20Cl3N3. The highest BCUT2D eigenvalue weighted by Crippen LogP contribution is 2.08. The van der Waals surface area contributed by atoms with Crippen LogP contribution in [0.2, 0.25) is 0 Å². The molecule has 0 aromatic rings. The van der Waals surface area contributed by atoms with Crippen LogP contribution in [0.5, 0.6) is 0 Å². The molecule has 88 valence electrons. The van der Waals surface area contributed by atoms with Crippen molar-refractivity contribution < 1.29 is 0 Å². The molecule has 2 rings (SSSR count). The standard InChI is InChI=1S/C8H17N3.3ClH/c1-2-10-7-8(1)11-5-3-9-4-6-11;;;/h8-10H,1-7H2;3*1H. The fraction of sp³-hybridized carbons (Fsp3) is 1.00. The van der Waals surface area contributed by atoms with E-state index < -0.39 is 0 Å². The number of nitrogens with zero attached hydrogens (tertiary/aromatic N) is 1. The molecule has 0 radical (unpaired) electrons. The van der Waals surface area contributed by atoms with E-state index in [2.05, 4.69) is 15.5 Å². The summed E-state index contributed by atoms with van der Waals surface area (Å²) in [4.78, 5) is 2.61. The lowest BCUT2D eigenvalue weighted by Crippen LogP contribution is -2.49. The Morgan fingerprint density at radius 2 is 1.50 bits per heavy atom. The molecule has 14 heavy (non-hydrogen) atoms. The van der Waals surface area contributed by atoms with Gasteiger partial charge in [-0.15, -0.1) is 37.2 Å². The third-order valence-corrected chi connectivity index (χ3v) is 2.70. The van der Waals surface area contributed by atoms with Gasteiger partial charge in [0.05, 0.1) is 0 Å². The minimum absolute atomic E-state index is 0. The second kappa shape index (κ2) is 9.01. The van der Waals surface area contributed by atoms with Crippen LogP contribution in [0, 0.1) is 0 Å². The zero-order valence-electron chi connectivity index (χ0n) is 8.20. The Bertz CT molecular complexity index is 125. The van der Waals surface area contributed by atoms with E-state index in [1.54, 1.807) is 0 Å². The van der Waals surface area contributed by atoms with Gasteiger partial charge in [0, 0.05) is 38.8 Å². The van der Waals surface area contributed by atoms with E-state index in [-0.39, 0.29) is 37.2 Å². The van der Waals surface area contributed by atoms with E-state index in [0.717, 1.165) is 6.04 Å². The van der Waals surface area contributed by atoms with Crippen molar-refractivity contribution in [2.24, 2.45) is 0 Å². The second-order valence-corrected chi connectivity index (χ2v) is 3.43. The third kappa shape index (κ3) is 4.51. The smallest absolute Gasteiger partial charge is 0.0233 e. The topological polar surface area (TPSA) is 27.3 Å². The predicted molar refractivity (Wildman–Crippen MR) is 67.5 cm³/mol. The van der Waals surface area contributed by atoms with Crippen molar-refractivity contribution in [1.82, 2.24) is 15.5 Å². The minimum Gasteiger partial charge on any atom is -0.315 e. The molecule has 0 bridgehead atoms. The lowest BCUT2D eigenvalue weighted by Gasteiger charge is -2.32. The van der Waals surface area contributed by atoms with Gasteiger partial charge in [-0.25, -0.2) is 0 Å². The summed E-state index contributed by atoms with van der Waals surface area (Å²) in [6.07, 6.45) is 1.35. The van der Waals surface area contributed by atoms with Crippen LogP contribution in [0.4, 0.5) is 0 Å². The van der Waals surface area contributed by atoms with Crippen LogP contribution in [0.15, 0.2) is 0 Å². The molecule has 6 heteroatoms. The summed E-state index contributed by atoms with van der Waals surface area (Å²) in [5, 5.41) is 6.78. The molecule has 0 aliphatic carbocycles. The first-order valence-electron chi connectivity index (χ1n) is 4.62. The summed E-state index contributed by atoms with van der Waals surface area (Å²) in [6.45, 7) is 7.26. The van der Waals surface area contributed by atoms with Crippen LogP contribution < -0.4 is 10.6 Å². The number of hydrogen-bond acceptors (Lipinski definition) is 3. The molecule has 2 fully saturated rings. The minimum atomic E-state index is 0. The number of rotatable bonds is 1. The molecule has 0 amide bonds. The summed E-state index contributed by atoms with van der Waals surface area (Å²) < 4.78 is 0. The maximum Gasteiger partial charge on any atom is 0.0233 e. The van der Waals surface area contributed by atoms with Crippen molar-refractivity contribution in [2.45, 2.75) is 12.5 Å². The quantitative estimate of drug-likeness (QED) is 0.723. The van der Waals surface area contributed by atoms with E-state index in [1.807, 2.05) is 0 Å². The van der Waals surface area contributed by atoms with Crippen LogP contribution in [0.25, 0.3) is 0 Å². The Balaban J connectivity index is 0. The van der Waals surface area contributed by atoms with Crippen LogP contribution in [-0.2, 0) is 0 Å². The summed E-state index contributed by atoms with van der Waals surface area (Å²) in [6, 6.07) is 0.831. The zero-order valence-corrected chi connectivity index (χ0v) is 10.6. The van der Waals surface area contributed by atoms with Crippen LogP contribution in [0.3, 0.4) is 0 Å². The summed E-state index contributed by atoms with van der Waals surface area (Å²) in [7, 11) is 0. The average molecular weight is 265 g/mol. The molecule has 3 nitrogen and oxygen atoms in total. The highest BCUT2D eigenvalue weighted by Gasteiger charge is 2.22. The van der Waals surface area contributed by atoms with Crippen molar-refractivity contribution in [3.8, 4) is 0 Å². The molecule has 1 atom stereocenters. The molecular weight excluding hydrogens is 244 g/mol. The Morgan fingerprint density at radius 3 is 2.00 bits per heavy atom. The van der Waals surface area contributed by atoms with Crippen molar-refractivity contribution in [1.29, 1.82) is 0 Å². The number of halogens is 3. The monoisotopic (exact) mass is 263 g/mol. The van der Waals surface area contributed by atoms with E-state index in [9.17, 15) is 0 Å². The lowest BCUT2D eigenvalue weighted by molar-refractivity contribution is 0.184. The van der Waals surface area contributed by atoms with Gasteiger partial charge in [-0.3, -0.25) is 4.90 Å². The molecule has 2 N–H and O–H groups in total. The maximum absolute atomic E-state index is 3.41. The van der Waals surface area contributed by atoms with Gasteiger partial charge in [0.15, 0.2) is 0 Å². The lowest BCUT2D eigenvalue weighted by atomic mass is 10.2. The van der Waals surface area contributed by atoms with Gasteiger partial charge >= 0.3 is 0 Å². The molecule has 1 unspecified atom stereocenters. The highest BCUT2D eigenvalue weighted by molar-refractivity contribution is 5.86. The molecule has 0 spiro atoms. The van der Waals surface area contributed by atoms with Crippen LogP contribution in [-0.4, -0.2) is 50.2 Å². The second-order valence-electron chi connectivity index (χ2n) is 3.43. The van der Waals surface area contributed by atoms with Crippen LogP contribution in [0.1, 0.15) is 6.42 Å². The Kier molecular flexibility index (Phi) is 11.0. The first-order chi connectivity index (χ1) is 5.47. The Morgan fingerprint density at radius 1 is 0.857 bits per heavy atom. The highest BCUT2D eigenvalue weighted by atomic mass is 35.5. The van der Waals surface area contributed by atoms with Gasteiger partial charge in [0.1, 0.15) is 0 Å². The molecule has 2 aliphatic heterocycles. The molecule has 2 heterocycles. The average Bonchev–Trinajstić information content (AvgIpc) is 2.58. The van der Waals surface area contributed by atoms with E-state index in [1.165, 1.54) is 45.7 Å². The number of nitrogens with one attached hydrogen (secondary N) is 2. The van der Waals surface area contributed by atoms with Crippen molar-refractivity contribution in [3.63, 3.8) is 0 Å². The third-order valence-electron chi connectivity index (χ3n) is 2.70. The molecule has 0 aromatic heterocycles. The predicted octanol–water partition coefficient (Wildman–Crippen LogP) is 0.519.